The molecule has 1 aliphatic heterocycles. The molecule has 1 saturated heterocycles. The van der Waals surface area contributed by atoms with Crippen LogP contribution < -0.4 is 21.1 Å². The molecular formula is C15H16N8O3. The molecule has 1 aliphatic rings. The molecule has 0 spiro atoms. The Bertz CT molecular complexity index is 815. The van der Waals surface area contributed by atoms with Gasteiger partial charge in [0.1, 0.15) is 24.6 Å². The van der Waals surface area contributed by atoms with Crippen molar-refractivity contribution in [2.45, 2.75) is 6.10 Å². The molecule has 0 aliphatic carbocycles. The van der Waals surface area contributed by atoms with Crippen molar-refractivity contribution < 1.29 is 14.3 Å². The third kappa shape index (κ3) is 4.38. The van der Waals surface area contributed by atoms with Gasteiger partial charge in [0, 0.05) is 19.2 Å². The van der Waals surface area contributed by atoms with Crippen molar-refractivity contribution in [3.63, 3.8) is 0 Å². The van der Waals surface area contributed by atoms with E-state index in [1.807, 2.05) is 6.07 Å². The fourth-order valence-corrected chi connectivity index (χ4v) is 2.21. The summed E-state index contributed by atoms with van der Waals surface area (Å²) in [5, 5.41) is 22.5. The minimum absolute atomic E-state index is 0.0785. The molecular weight excluding hydrogens is 340 g/mol. The van der Waals surface area contributed by atoms with Crippen molar-refractivity contribution in [3.8, 4) is 11.8 Å². The highest BCUT2D eigenvalue weighted by molar-refractivity contribution is 5.93. The minimum Gasteiger partial charge on any atom is -0.488 e. The molecule has 1 atom stereocenters. The number of rotatable bonds is 6. The second-order valence-corrected chi connectivity index (χ2v) is 5.34. The van der Waals surface area contributed by atoms with Gasteiger partial charge in [-0.2, -0.15) is 5.26 Å². The Morgan fingerprint density at radius 1 is 1.42 bits per heavy atom. The van der Waals surface area contributed by atoms with Crippen LogP contribution in [-0.4, -0.2) is 58.5 Å². The summed E-state index contributed by atoms with van der Waals surface area (Å²) in [4.78, 5) is 19.5. The first-order valence-corrected chi connectivity index (χ1v) is 7.77. The van der Waals surface area contributed by atoms with E-state index in [0.29, 0.717) is 19.0 Å². The number of nitrogens with two attached hydrogens (primary N) is 1. The van der Waals surface area contributed by atoms with Crippen LogP contribution >= 0.6 is 0 Å². The molecule has 0 aromatic carbocycles. The molecule has 134 valence electrons. The summed E-state index contributed by atoms with van der Waals surface area (Å²) < 4.78 is 11.2. The zero-order chi connectivity index (χ0) is 18.4. The van der Waals surface area contributed by atoms with Crippen LogP contribution in [0.1, 0.15) is 16.2 Å². The number of carbonyl (C=O) groups is 1. The van der Waals surface area contributed by atoms with E-state index in [-0.39, 0.29) is 35.7 Å². The molecule has 11 heteroatoms. The molecule has 0 bridgehead atoms. The van der Waals surface area contributed by atoms with Crippen molar-refractivity contribution >= 4 is 17.5 Å². The van der Waals surface area contributed by atoms with Crippen molar-refractivity contribution in [2.24, 2.45) is 5.73 Å². The Morgan fingerprint density at radius 3 is 2.96 bits per heavy atom. The van der Waals surface area contributed by atoms with E-state index in [4.69, 9.17) is 20.5 Å². The molecule has 0 saturated carbocycles. The summed E-state index contributed by atoms with van der Waals surface area (Å²) in [6.45, 7) is 2.26. The summed E-state index contributed by atoms with van der Waals surface area (Å²) in [6.07, 6.45) is 2.56. The van der Waals surface area contributed by atoms with E-state index in [0.717, 1.165) is 6.54 Å². The van der Waals surface area contributed by atoms with E-state index < -0.39 is 5.91 Å². The van der Waals surface area contributed by atoms with Crippen molar-refractivity contribution in [1.82, 2.24) is 25.5 Å². The third-order valence-corrected chi connectivity index (χ3v) is 3.44. The maximum absolute atomic E-state index is 11.5. The topological polar surface area (TPSA) is 161 Å². The van der Waals surface area contributed by atoms with Gasteiger partial charge in [-0.15, -0.1) is 10.2 Å². The Kier molecular flexibility index (Phi) is 5.47. The predicted octanol–water partition coefficient (Wildman–Crippen LogP) is -0.652. The zero-order valence-corrected chi connectivity index (χ0v) is 13.7. The van der Waals surface area contributed by atoms with E-state index in [2.05, 4.69) is 30.8 Å². The van der Waals surface area contributed by atoms with Gasteiger partial charge in [0.25, 0.3) is 5.91 Å². The van der Waals surface area contributed by atoms with Crippen molar-refractivity contribution in [1.29, 1.82) is 5.26 Å². The van der Waals surface area contributed by atoms with E-state index >= 15 is 0 Å². The highest BCUT2D eigenvalue weighted by atomic mass is 16.5. The Morgan fingerprint density at radius 2 is 2.31 bits per heavy atom. The quantitative estimate of drug-likeness (QED) is 0.606. The number of aromatic nitrogens is 4. The maximum atomic E-state index is 11.5. The normalized spacial score (nSPS) is 16.5. The van der Waals surface area contributed by atoms with Gasteiger partial charge >= 0.3 is 0 Å². The Hall–Kier alpha value is -3.36. The number of hydrogen-bond donors (Lipinski definition) is 3. The lowest BCUT2D eigenvalue weighted by Crippen LogP contribution is -2.41. The first-order valence-electron chi connectivity index (χ1n) is 7.77. The van der Waals surface area contributed by atoms with E-state index in [9.17, 15) is 4.79 Å². The lowest BCUT2D eigenvalue weighted by Gasteiger charge is -2.23. The first kappa shape index (κ1) is 17.5. The monoisotopic (exact) mass is 356 g/mol. The first-order chi connectivity index (χ1) is 12.7. The standard InChI is InChI=1S/C15H16N8O3/c16-4-9-5-20-13(7-19-9)21-12-3-11(14(15(17)24)23-22-12)26-8-10-6-18-1-2-25-10/h3,5,7,10,18H,1-2,6,8H2,(H2,17,24)(H,20,21,22)/t10-/m1/s1. The van der Waals surface area contributed by atoms with Gasteiger partial charge in [-0.1, -0.05) is 0 Å². The van der Waals surface area contributed by atoms with Gasteiger partial charge in [-0.3, -0.25) is 4.79 Å². The average Bonchev–Trinajstić information content (AvgIpc) is 2.68. The lowest BCUT2D eigenvalue weighted by molar-refractivity contribution is -0.0000675. The molecule has 3 rings (SSSR count). The van der Waals surface area contributed by atoms with E-state index in [1.165, 1.54) is 18.5 Å². The summed E-state index contributed by atoms with van der Waals surface area (Å²) in [5.74, 6) is 0.0771. The summed E-state index contributed by atoms with van der Waals surface area (Å²) >= 11 is 0. The second-order valence-electron chi connectivity index (χ2n) is 5.34. The molecule has 4 N–H and O–H groups in total. The number of ether oxygens (including phenoxy) is 2. The van der Waals surface area contributed by atoms with Crippen molar-refractivity contribution in [3.05, 3.63) is 29.8 Å². The number of nitriles is 1. The molecule has 2 aromatic rings. The SMILES string of the molecule is N#Cc1cnc(Nc2cc(OC[C@H]3CNCCO3)c(C(N)=O)nn2)cn1. The molecule has 0 radical (unpaired) electrons. The van der Waals surface area contributed by atoms with Gasteiger partial charge in [-0.05, 0) is 0 Å². The third-order valence-electron chi connectivity index (χ3n) is 3.44. The largest absolute Gasteiger partial charge is 0.488 e. The van der Waals surface area contributed by atoms with Crippen LogP contribution in [0.15, 0.2) is 18.5 Å². The van der Waals surface area contributed by atoms with Gasteiger partial charge in [-0.25, -0.2) is 9.97 Å². The highest BCUT2D eigenvalue weighted by Gasteiger charge is 2.18. The lowest BCUT2D eigenvalue weighted by atomic mass is 10.3. The average molecular weight is 356 g/mol. The molecule has 26 heavy (non-hydrogen) atoms. The van der Waals surface area contributed by atoms with E-state index in [1.54, 1.807) is 0 Å². The summed E-state index contributed by atoms with van der Waals surface area (Å²) in [7, 11) is 0. The van der Waals surface area contributed by atoms with Crippen LogP contribution in [0, 0.1) is 11.3 Å². The number of nitrogens with zero attached hydrogens (tertiary/aromatic N) is 5. The number of primary amides is 1. The molecule has 3 heterocycles. The smallest absolute Gasteiger partial charge is 0.273 e. The molecule has 11 nitrogen and oxygen atoms in total. The highest BCUT2D eigenvalue weighted by Crippen LogP contribution is 2.21. The van der Waals surface area contributed by atoms with Gasteiger partial charge < -0.3 is 25.8 Å². The number of amides is 1. The number of nitrogens with one attached hydrogen (secondary N) is 2. The number of hydrogen-bond acceptors (Lipinski definition) is 10. The minimum atomic E-state index is -0.750. The Balaban J connectivity index is 1.74. The van der Waals surface area contributed by atoms with Crippen LogP contribution in [0.25, 0.3) is 0 Å². The van der Waals surface area contributed by atoms with Crippen LogP contribution in [0.3, 0.4) is 0 Å². The van der Waals surface area contributed by atoms with Crippen LogP contribution in [0.4, 0.5) is 11.6 Å². The molecule has 1 amide bonds. The maximum Gasteiger partial charge on any atom is 0.273 e. The number of morpholine rings is 1. The summed E-state index contributed by atoms with van der Waals surface area (Å²) in [6, 6.07) is 3.37. The molecule has 1 fully saturated rings. The molecule has 0 unspecified atom stereocenters. The predicted molar refractivity (Wildman–Crippen MR) is 88.7 cm³/mol. The van der Waals surface area contributed by atoms with Crippen LogP contribution in [0.2, 0.25) is 0 Å². The van der Waals surface area contributed by atoms with Gasteiger partial charge in [0.2, 0.25) is 0 Å². The second kappa shape index (κ2) is 8.15. The fourth-order valence-electron chi connectivity index (χ4n) is 2.21. The zero-order valence-electron chi connectivity index (χ0n) is 13.7. The number of carbonyl (C=O) groups excluding carboxylic acids is 1. The molecule has 2 aromatic heterocycles. The van der Waals surface area contributed by atoms with Crippen LogP contribution in [0.5, 0.6) is 5.75 Å². The van der Waals surface area contributed by atoms with Gasteiger partial charge in [0.15, 0.2) is 23.0 Å². The number of anilines is 2. The fraction of sp³-hybridized carbons (Fsp3) is 0.333. The Labute approximate surface area is 148 Å². The van der Waals surface area contributed by atoms with Crippen molar-refractivity contribution in [2.75, 3.05) is 31.6 Å². The van der Waals surface area contributed by atoms with Crippen LogP contribution in [-0.2, 0) is 4.74 Å². The summed E-state index contributed by atoms with van der Waals surface area (Å²) in [5.41, 5.74) is 5.43. The van der Waals surface area contributed by atoms with Gasteiger partial charge in [0.05, 0.1) is 19.0 Å².